The molecule has 0 aliphatic carbocycles. The maximum absolute atomic E-state index is 2.45. The van der Waals surface area contributed by atoms with E-state index in [0.29, 0.717) is 0 Å². The van der Waals surface area contributed by atoms with E-state index in [4.69, 9.17) is 0 Å². The Morgan fingerprint density at radius 1 is 0.309 bits per heavy atom. The Morgan fingerprint density at radius 2 is 0.873 bits per heavy atom. The third kappa shape index (κ3) is 5.51. The first-order valence-electron chi connectivity index (χ1n) is 18.7. The van der Waals surface area contributed by atoms with E-state index in [9.17, 15) is 0 Å². The minimum atomic E-state index is 1.11. The molecule has 0 fully saturated rings. The first kappa shape index (κ1) is 32.0. The molecule has 3 heteroatoms. The molecule has 0 atom stereocenters. The van der Waals surface area contributed by atoms with Gasteiger partial charge in [0.15, 0.2) is 0 Å². The monoisotopic (exact) mass is 735 g/mol. The number of hydrogen-bond acceptors (Lipinski definition) is 3. The van der Waals surface area contributed by atoms with E-state index in [-0.39, 0.29) is 0 Å². The smallest absolute Gasteiger partial charge is 0.0540 e. The summed E-state index contributed by atoms with van der Waals surface area (Å²) in [5, 5.41) is 7.73. The Morgan fingerprint density at radius 3 is 1.73 bits per heavy atom. The van der Waals surface area contributed by atoms with Gasteiger partial charge < -0.3 is 4.90 Å². The molecule has 55 heavy (non-hydrogen) atoms. The first-order valence-corrected chi connectivity index (χ1v) is 20.3. The van der Waals surface area contributed by atoms with Gasteiger partial charge in [-0.25, -0.2) is 0 Å². The van der Waals surface area contributed by atoms with Gasteiger partial charge in [-0.3, -0.25) is 0 Å². The van der Waals surface area contributed by atoms with Crippen LogP contribution >= 0.6 is 22.7 Å². The molecule has 0 saturated carbocycles. The Hall–Kier alpha value is -6.52. The predicted octanol–water partition coefficient (Wildman–Crippen LogP) is 16.0. The molecule has 0 unspecified atom stereocenters. The molecule has 11 rings (SSSR count). The van der Waals surface area contributed by atoms with Crippen LogP contribution in [0.15, 0.2) is 200 Å². The fraction of sp³-hybridized carbons (Fsp3) is 0. The summed E-state index contributed by atoms with van der Waals surface area (Å²) >= 11 is 3.74. The van der Waals surface area contributed by atoms with Crippen molar-refractivity contribution in [3.05, 3.63) is 200 Å². The molecule has 0 aliphatic heterocycles. The largest absolute Gasteiger partial charge is 0.310 e. The van der Waals surface area contributed by atoms with Gasteiger partial charge in [-0.2, -0.15) is 0 Å². The maximum atomic E-state index is 2.45. The lowest BCUT2D eigenvalue weighted by molar-refractivity contribution is 1.28. The third-order valence-corrected chi connectivity index (χ3v) is 13.2. The summed E-state index contributed by atoms with van der Waals surface area (Å²) in [6.07, 6.45) is 0. The fourth-order valence-corrected chi connectivity index (χ4v) is 10.5. The van der Waals surface area contributed by atoms with Crippen molar-refractivity contribution >= 4 is 90.9 Å². The minimum absolute atomic E-state index is 1.11. The summed E-state index contributed by atoms with van der Waals surface area (Å²) in [6.45, 7) is 0. The first-order chi connectivity index (χ1) is 27.2. The number of fused-ring (bicyclic) bond motifs is 7. The molecular formula is C52H33NS2. The highest BCUT2D eigenvalue weighted by Crippen LogP contribution is 2.45. The van der Waals surface area contributed by atoms with Crippen molar-refractivity contribution in [2.45, 2.75) is 0 Å². The van der Waals surface area contributed by atoms with Crippen molar-refractivity contribution in [3.63, 3.8) is 0 Å². The number of benzene rings is 9. The summed E-state index contributed by atoms with van der Waals surface area (Å²) in [5.74, 6) is 0. The highest BCUT2D eigenvalue weighted by molar-refractivity contribution is 7.26. The SMILES string of the molecule is c1cc(-c2ccc3sc4ccccc4c3c2)cc(N(c2cccc(-c3cccc4c3sc3ccccc34)c2)c2ccccc2-c2ccc3ccccc3c2)c1. The van der Waals surface area contributed by atoms with E-state index in [1.54, 1.807) is 0 Å². The lowest BCUT2D eigenvalue weighted by Gasteiger charge is -2.29. The van der Waals surface area contributed by atoms with Crippen molar-refractivity contribution in [1.82, 2.24) is 0 Å². The van der Waals surface area contributed by atoms with Gasteiger partial charge in [0, 0.05) is 57.3 Å². The molecule has 0 N–H and O–H groups in total. The predicted molar refractivity (Wildman–Crippen MR) is 241 cm³/mol. The van der Waals surface area contributed by atoms with Gasteiger partial charge in [0.05, 0.1) is 5.69 Å². The zero-order valence-electron chi connectivity index (χ0n) is 29.8. The molecular weight excluding hydrogens is 703 g/mol. The van der Waals surface area contributed by atoms with Crippen molar-refractivity contribution in [2.75, 3.05) is 4.90 Å². The number of anilines is 3. The van der Waals surface area contributed by atoms with Crippen LogP contribution in [-0.4, -0.2) is 0 Å². The van der Waals surface area contributed by atoms with Crippen LogP contribution in [0.2, 0.25) is 0 Å². The lowest BCUT2D eigenvalue weighted by atomic mass is 9.97. The second-order valence-corrected chi connectivity index (χ2v) is 16.2. The molecule has 2 heterocycles. The Kier molecular flexibility index (Phi) is 7.61. The second-order valence-electron chi connectivity index (χ2n) is 14.1. The molecule has 0 radical (unpaired) electrons. The van der Waals surface area contributed by atoms with Gasteiger partial charge in [0.2, 0.25) is 0 Å². The lowest BCUT2D eigenvalue weighted by Crippen LogP contribution is -2.11. The van der Waals surface area contributed by atoms with Crippen LogP contribution in [0.25, 0.3) is 84.5 Å². The van der Waals surface area contributed by atoms with E-state index in [1.165, 1.54) is 84.5 Å². The van der Waals surface area contributed by atoms with Gasteiger partial charge in [-0.1, -0.05) is 140 Å². The number of thiophene rings is 2. The van der Waals surface area contributed by atoms with E-state index < -0.39 is 0 Å². The molecule has 258 valence electrons. The van der Waals surface area contributed by atoms with Crippen molar-refractivity contribution < 1.29 is 0 Å². The number of para-hydroxylation sites is 1. The quantitative estimate of drug-likeness (QED) is 0.164. The van der Waals surface area contributed by atoms with Crippen LogP contribution < -0.4 is 4.90 Å². The maximum Gasteiger partial charge on any atom is 0.0540 e. The van der Waals surface area contributed by atoms with Crippen LogP contribution in [0.1, 0.15) is 0 Å². The fourth-order valence-electron chi connectivity index (χ4n) is 8.21. The number of hydrogen-bond donors (Lipinski definition) is 0. The van der Waals surface area contributed by atoms with Gasteiger partial charge in [0.25, 0.3) is 0 Å². The second kappa shape index (κ2) is 13.1. The average Bonchev–Trinajstić information content (AvgIpc) is 3.82. The molecule has 1 nitrogen and oxygen atoms in total. The van der Waals surface area contributed by atoms with Gasteiger partial charge in [0.1, 0.15) is 0 Å². The Bertz CT molecular complexity index is 3240. The molecule has 0 saturated heterocycles. The molecule has 0 spiro atoms. The molecule has 0 aliphatic rings. The average molecular weight is 736 g/mol. The van der Waals surface area contributed by atoms with Gasteiger partial charge >= 0.3 is 0 Å². The van der Waals surface area contributed by atoms with Crippen molar-refractivity contribution in [1.29, 1.82) is 0 Å². The topological polar surface area (TPSA) is 3.24 Å². The number of nitrogens with zero attached hydrogens (tertiary/aromatic N) is 1. The summed E-state index contributed by atoms with van der Waals surface area (Å²) in [7, 11) is 0. The van der Waals surface area contributed by atoms with Gasteiger partial charge in [-0.05, 0) is 99.3 Å². The Balaban J connectivity index is 1.11. The van der Waals surface area contributed by atoms with E-state index in [0.717, 1.165) is 17.1 Å². The summed E-state index contributed by atoms with van der Waals surface area (Å²) in [6, 6.07) is 73.5. The van der Waals surface area contributed by atoms with E-state index >= 15 is 0 Å². The zero-order chi connectivity index (χ0) is 36.3. The summed E-state index contributed by atoms with van der Waals surface area (Å²) in [5.41, 5.74) is 10.6. The number of rotatable bonds is 6. The highest BCUT2D eigenvalue weighted by atomic mass is 32.1. The summed E-state index contributed by atoms with van der Waals surface area (Å²) < 4.78 is 5.28. The molecule has 0 bridgehead atoms. The van der Waals surface area contributed by atoms with Crippen LogP contribution in [0, 0.1) is 0 Å². The zero-order valence-corrected chi connectivity index (χ0v) is 31.4. The van der Waals surface area contributed by atoms with Crippen molar-refractivity contribution in [3.8, 4) is 33.4 Å². The Labute approximate surface area is 327 Å². The molecule has 9 aromatic carbocycles. The normalized spacial score (nSPS) is 11.6. The highest BCUT2D eigenvalue weighted by Gasteiger charge is 2.20. The molecule has 2 aromatic heterocycles. The van der Waals surface area contributed by atoms with Crippen LogP contribution in [0.3, 0.4) is 0 Å². The molecule has 0 amide bonds. The molecule has 11 aromatic rings. The van der Waals surface area contributed by atoms with Crippen LogP contribution in [-0.2, 0) is 0 Å². The minimum Gasteiger partial charge on any atom is -0.310 e. The van der Waals surface area contributed by atoms with Gasteiger partial charge in [-0.15, -0.1) is 22.7 Å². The third-order valence-electron chi connectivity index (χ3n) is 10.8. The van der Waals surface area contributed by atoms with Crippen molar-refractivity contribution in [2.24, 2.45) is 0 Å². The van der Waals surface area contributed by atoms with Crippen LogP contribution in [0.5, 0.6) is 0 Å². The summed E-state index contributed by atoms with van der Waals surface area (Å²) in [4.78, 5) is 2.45. The van der Waals surface area contributed by atoms with E-state index in [1.807, 2.05) is 22.7 Å². The van der Waals surface area contributed by atoms with Crippen LogP contribution in [0.4, 0.5) is 17.1 Å². The van der Waals surface area contributed by atoms with E-state index in [2.05, 4.69) is 205 Å². The standard InChI is InChI=1S/C52H33NS2/c1-2-13-35-30-39(27-26-34(35)12-1)42-18-3-6-23-48(42)53(40-16-9-14-36(31-40)37-28-29-51-47(33-37)45-20-5-7-24-49(45)54-51)41-17-10-15-38(32-41)43-21-11-22-46-44-19-4-8-25-50(44)55-52(43)46/h1-33H.